The van der Waals surface area contributed by atoms with E-state index < -0.39 is 28.3 Å². The van der Waals surface area contributed by atoms with Gasteiger partial charge in [0.05, 0.1) is 12.0 Å². The molecular formula is C14H18N2O6. The summed E-state index contributed by atoms with van der Waals surface area (Å²) >= 11 is 0. The molecule has 0 spiro atoms. The van der Waals surface area contributed by atoms with Crippen molar-refractivity contribution < 1.29 is 24.0 Å². The first kappa shape index (κ1) is 17.4. The molecule has 120 valence electrons. The topological polar surface area (TPSA) is 99.0 Å². The van der Waals surface area contributed by atoms with Crippen molar-refractivity contribution in [2.75, 3.05) is 19.1 Å². The molecule has 1 rings (SSSR count). The third kappa shape index (κ3) is 4.18. The van der Waals surface area contributed by atoms with E-state index in [9.17, 15) is 19.7 Å². The lowest BCUT2D eigenvalue weighted by atomic mass is 10.1. The van der Waals surface area contributed by atoms with Gasteiger partial charge in [-0.15, -0.1) is 0 Å². The van der Waals surface area contributed by atoms with Crippen LogP contribution in [-0.2, 0) is 9.47 Å². The van der Waals surface area contributed by atoms with Gasteiger partial charge in [-0.25, -0.2) is 9.59 Å². The molecule has 0 aromatic heterocycles. The number of ether oxygens (including phenoxy) is 2. The third-order valence-electron chi connectivity index (χ3n) is 2.64. The van der Waals surface area contributed by atoms with Crippen molar-refractivity contribution in [1.82, 2.24) is 0 Å². The van der Waals surface area contributed by atoms with E-state index in [1.54, 1.807) is 20.8 Å². The lowest BCUT2D eigenvalue weighted by Gasteiger charge is -2.24. The van der Waals surface area contributed by atoms with Crippen LogP contribution in [0.2, 0.25) is 0 Å². The van der Waals surface area contributed by atoms with Crippen molar-refractivity contribution in [3.05, 3.63) is 33.9 Å². The summed E-state index contributed by atoms with van der Waals surface area (Å²) in [4.78, 5) is 35.0. The molecule has 0 heterocycles. The van der Waals surface area contributed by atoms with Crippen molar-refractivity contribution in [1.29, 1.82) is 0 Å². The highest BCUT2D eigenvalue weighted by Gasteiger charge is 2.25. The molecule has 1 amide bonds. The van der Waals surface area contributed by atoms with E-state index in [2.05, 4.69) is 4.74 Å². The molecule has 1 aromatic rings. The average molecular weight is 310 g/mol. The van der Waals surface area contributed by atoms with E-state index in [1.165, 1.54) is 19.2 Å². The number of amides is 1. The Balaban J connectivity index is 3.18. The standard InChI is InChI=1S/C14H18N2O6/c1-14(2,3)22-13(18)15(4)9-6-7-11(16(19)20)10(8-9)12(17)21-5/h6-8H,1-5H3. The maximum atomic E-state index is 12.0. The van der Waals surface area contributed by atoms with Gasteiger partial charge >= 0.3 is 12.1 Å². The molecule has 0 radical (unpaired) electrons. The molecule has 0 atom stereocenters. The number of carbonyl (C=O) groups excluding carboxylic acids is 2. The van der Waals surface area contributed by atoms with E-state index in [1.807, 2.05) is 0 Å². The molecule has 22 heavy (non-hydrogen) atoms. The van der Waals surface area contributed by atoms with E-state index in [0.717, 1.165) is 18.1 Å². The zero-order valence-electron chi connectivity index (χ0n) is 13.1. The van der Waals surface area contributed by atoms with Gasteiger partial charge in [0.25, 0.3) is 5.69 Å². The van der Waals surface area contributed by atoms with E-state index in [4.69, 9.17) is 4.74 Å². The van der Waals surface area contributed by atoms with E-state index >= 15 is 0 Å². The Bertz CT molecular complexity index is 606. The number of rotatable bonds is 3. The summed E-state index contributed by atoms with van der Waals surface area (Å²) in [6, 6.07) is 3.71. The monoisotopic (exact) mass is 310 g/mol. The minimum Gasteiger partial charge on any atom is -0.465 e. The Kier molecular flexibility index (Phi) is 5.08. The minimum atomic E-state index is -0.855. The summed E-state index contributed by atoms with van der Waals surface area (Å²) in [7, 11) is 2.56. The zero-order valence-corrected chi connectivity index (χ0v) is 13.1. The van der Waals surface area contributed by atoms with Crippen LogP contribution in [0.4, 0.5) is 16.2 Å². The highest BCUT2D eigenvalue weighted by Crippen LogP contribution is 2.26. The van der Waals surface area contributed by atoms with Crippen LogP contribution in [0.15, 0.2) is 18.2 Å². The lowest BCUT2D eigenvalue weighted by molar-refractivity contribution is -0.385. The highest BCUT2D eigenvalue weighted by atomic mass is 16.6. The largest absolute Gasteiger partial charge is 0.465 e. The summed E-state index contributed by atoms with van der Waals surface area (Å²) in [5, 5.41) is 10.9. The Morgan fingerprint density at radius 1 is 1.27 bits per heavy atom. The van der Waals surface area contributed by atoms with Crippen LogP contribution in [0.5, 0.6) is 0 Å². The molecule has 1 aromatic carbocycles. The summed E-state index contributed by atoms with van der Waals surface area (Å²) in [6.45, 7) is 5.15. The molecule has 0 saturated heterocycles. The first-order chi connectivity index (χ1) is 10.1. The van der Waals surface area contributed by atoms with Gasteiger partial charge in [0, 0.05) is 18.8 Å². The van der Waals surface area contributed by atoms with Gasteiger partial charge in [0.15, 0.2) is 0 Å². The first-order valence-electron chi connectivity index (χ1n) is 6.40. The number of carbonyl (C=O) groups is 2. The Hall–Kier alpha value is -2.64. The van der Waals surface area contributed by atoms with Crippen LogP contribution in [0, 0.1) is 10.1 Å². The molecular weight excluding hydrogens is 292 g/mol. The Morgan fingerprint density at radius 3 is 2.32 bits per heavy atom. The van der Waals surface area contributed by atoms with Gasteiger partial charge < -0.3 is 9.47 Å². The molecule has 8 nitrogen and oxygen atoms in total. The van der Waals surface area contributed by atoms with Crippen molar-refractivity contribution in [2.24, 2.45) is 0 Å². The molecule has 0 fully saturated rings. The summed E-state index contributed by atoms with van der Waals surface area (Å²) in [6.07, 6.45) is -0.642. The van der Waals surface area contributed by atoms with Crippen LogP contribution >= 0.6 is 0 Å². The van der Waals surface area contributed by atoms with Crippen LogP contribution in [0.3, 0.4) is 0 Å². The molecule has 0 N–H and O–H groups in total. The second-order valence-corrected chi connectivity index (χ2v) is 5.49. The minimum absolute atomic E-state index is 0.236. The van der Waals surface area contributed by atoms with Gasteiger partial charge in [0.1, 0.15) is 11.2 Å². The van der Waals surface area contributed by atoms with E-state index in [0.29, 0.717) is 0 Å². The van der Waals surface area contributed by atoms with Crippen molar-refractivity contribution >= 4 is 23.4 Å². The quantitative estimate of drug-likeness (QED) is 0.483. The van der Waals surface area contributed by atoms with Gasteiger partial charge in [-0.2, -0.15) is 0 Å². The predicted octanol–water partition coefficient (Wildman–Crippen LogP) is 2.75. The van der Waals surface area contributed by atoms with E-state index in [-0.39, 0.29) is 11.3 Å². The Morgan fingerprint density at radius 2 is 1.86 bits per heavy atom. The molecule has 0 saturated carbocycles. The number of esters is 1. The first-order valence-corrected chi connectivity index (χ1v) is 6.40. The fourth-order valence-corrected chi connectivity index (χ4v) is 1.60. The van der Waals surface area contributed by atoms with Crippen LogP contribution in [0.25, 0.3) is 0 Å². The third-order valence-corrected chi connectivity index (χ3v) is 2.64. The lowest BCUT2D eigenvalue weighted by Crippen LogP contribution is -2.34. The second kappa shape index (κ2) is 6.42. The van der Waals surface area contributed by atoms with Crippen LogP contribution in [-0.4, -0.2) is 36.7 Å². The number of anilines is 1. The summed E-state index contributed by atoms with van der Waals surface area (Å²) in [5.74, 6) is -0.855. The predicted molar refractivity (Wildman–Crippen MR) is 79.1 cm³/mol. The van der Waals surface area contributed by atoms with Gasteiger partial charge in [-0.3, -0.25) is 15.0 Å². The van der Waals surface area contributed by atoms with Crippen molar-refractivity contribution in [2.45, 2.75) is 26.4 Å². The number of methoxy groups -OCH3 is 1. The number of nitro benzene ring substituents is 1. The number of hydrogen-bond acceptors (Lipinski definition) is 6. The Labute approximate surface area is 127 Å². The SMILES string of the molecule is COC(=O)c1cc(N(C)C(=O)OC(C)(C)C)ccc1[N+](=O)[O-]. The maximum absolute atomic E-state index is 12.0. The van der Waals surface area contributed by atoms with Crippen molar-refractivity contribution in [3.63, 3.8) is 0 Å². The second-order valence-electron chi connectivity index (χ2n) is 5.49. The molecule has 0 aliphatic carbocycles. The highest BCUT2D eigenvalue weighted by molar-refractivity contribution is 5.97. The van der Waals surface area contributed by atoms with Crippen LogP contribution in [0.1, 0.15) is 31.1 Å². The molecule has 8 heteroatoms. The molecule has 0 aliphatic heterocycles. The summed E-state index contributed by atoms with van der Waals surface area (Å²) in [5.41, 5.74) is -1.04. The smallest absolute Gasteiger partial charge is 0.414 e. The van der Waals surface area contributed by atoms with Gasteiger partial charge in [0.2, 0.25) is 0 Å². The van der Waals surface area contributed by atoms with Gasteiger partial charge in [-0.05, 0) is 32.9 Å². The molecule has 0 unspecified atom stereocenters. The van der Waals surface area contributed by atoms with Crippen molar-refractivity contribution in [3.8, 4) is 0 Å². The summed E-state index contributed by atoms with van der Waals surface area (Å²) < 4.78 is 9.72. The zero-order chi connectivity index (χ0) is 17.1. The number of hydrogen-bond donors (Lipinski definition) is 0. The maximum Gasteiger partial charge on any atom is 0.414 e. The number of nitrogens with zero attached hydrogens (tertiary/aromatic N) is 2. The molecule has 0 aliphatic rings. The average Bonchev–Trinajstić information content (AvgIpc) is 2.42. The fourth-order valence-electron chi connectivity index (χ4n) is 1.60. The number of nitro groups is 1. The fraction of sp³-hybridized carbons (Fsp3) is 0.429. The molecule has 0 bridgehead atoms. The van der Waals surface area contributed by atoms with Crippen LogP contribution < -0.4 is 4.90 Å². The normalized spacial score (nSPS) is 10.8. The number of benzene rings is 1. The van der Waals surface area contributed by atoms with Gasteiger partial charge in [-0.1, -0.05) is 0 Å².